The predicted octanol–water partition coefficient (Wildman–Crippen LogP) is 3.55. The van der Waals surface area contributed by atoms with Crippen LogP contribution in [-0.2, 0) is 0 Å². The molecule has 0 aliphatic carbocycles. The van der Waals surface area contributed by atoms with E-state index in [0.717, 1.165) is 17.7 Å². The van der Waals surface area contributed by atoms with Gasteiger partial charge in [0.2, 0.25) is 0 Å². The molecule has 4 rings (SSSR count). The Balaban J connectivity index is 1.63. The topological polar surface area (TPSA) is 109 Å². The minimum Gasteiger partial charge on any atom is -0.404 e. The van der Waals surface area contributed by atoms with Crippen LogP contribution in [0.3, 0.4) is 0 Å². The fourth-order valence-corrected chi connectivity index (χ4v) is 3.87. The minimum absolute atomic E-state index is 0.0374. The average molecular weight is 442 g/mol. The summed E-state index contributed by atoms with van der Waals surface area (Å²) < 4.78 is 0. The lowest BCUT2D eigenvalue weighted by Crippen LogP contribution is -2.28. The van der Waals surface area contributed by atoms with Crippen LogP contribution < -0.4 is 11.1 Å². The van der Waals surface area contributed by atoms with Crippen molar-refractivity contribution in [1.82, 2.24) is 19.9 Å². The van der Waals surface area contributed by atoms with Gasteiger partial charge in [0.25, 0.3) is 5.91 Å². The van der Waals surface area contributed by atoms with Crippen molar-refractivity contribution in [3.8, 4) is 0 Å². The molecule has 1 aliphatic heterocycles. The van der Waals surface area contributed by atoms with Crippen LogP contribution in [0.15, 0.2) is 65.9 Å². The molecular formula is C25H27N7O. The average Bonchev–Trinajstić information content (AvgIpc) is 3.33. The number of carbonyl (C=O) groups excluding carboxylic acids is 1. The molecule has 1 fully saturated rings. The number of carbonyl (C=O) groups is 1. The molecule has 1 amide bonds. The van der Waals surface area contributed by atoms with Crippen LogP contribution >= 0.6 is 0 Å². The number of benzene rings is 1. The number of anilines is 2. The summed E-state index contributed by atoms with van der Waals surface area (Å²) in [6.07, 6.45) is 5.65. The number of rotatable bonds is 6. The monoisotopic (exact) mass is 441 g/mol. The van der Waals surface area contributed by atoms with Gasteiger partial charge in [-0.3, -0.25) is 9.79 Å². The molecule has 1 aromatic carbocycles. The Labute approximate surface area is 193 Å². The number of nitrogens with one attached hydrogen (secondary N) is 1. The zero-order valence-electron chi connectivity index (χ0n) is 18.8. The number of likely N-dealkylation sites (tertiary alicyclic amines) is 1. The maximum absolute atomic E-state index is 12.9. The highest BCUT2D eigenvalue weighted by atomic mass is 16.2. The van der Waals surface area contributed by atoms with E-state index in [1.807, 2.05) is 60.4 Å². The van der Waals surface area contributed by atoms with Crippen molar-refractivity contribution in [3.63, 3.8) is 0 Å². The van der Waals surface area contributed by atoms with Gasteiger partial charge < -0.3 is 16.0 Å². The smallest absolute Gasteiger partial charge is 0.253 e. The standard InChI is InChI=1S/C25H27N7O/c1-17-8-10-28-22(12-17)30-23-13-21(29-24(31-23)20(14-26)15-27-2)19-9-11-32(16-19)25(33)18-6-4-3-5-7-18/h3-8,10,12-15,19H,9,11,16,26H2,1-2H3,(H,28,29,30,31). The van der Waals surface area contributed by atoms with Gasteiger partial charge in [-0.15, -0.1) is 0 Å². The highest BCUT2D eigenvalue weighted by Gasteiger charge is 2.29. The van der Waals surface area contributed by atoms with Crippen molar-refractivity contribution >= 4 is 29.3 Å². The van der Waals surface area contributed by atoms with E-state index in [1.165, 1.54) is 6.20 Å². The third-order valence-corrected chi connectivity index (χ3v) is 5.54. The molecule has 1 unspecified atom stereocenters. The summed E-state index contributed by atoms with van der Waals surface area (Å²) in [5, 5.41) is 3.27. The molecule has 3 aromatic rings. The Morgan fingerprint density at radius 2 is 2.00 bits per heavy atom. The molecule has 1 atom stereocenters. The summed E-state index contributed by atoms with van der Waals surface area (Å²) in [6, 6.07) is 15.2. The van der Waals surface area contributed by atoms with Gasteiger partial charge in [0.1, 0.15) is 11.6 Å². The van der Waals surface area contributed by atoms with Crippen molar-refractivity contribution in [2.24, 2.45) is 10.7 Å². The van der Waals surface area contributed by atoms with E-state index in [2.05, 4.69) is 20.3 Å². The largest absolute Gasteiger partial charge is 0.404 e. The number of aromatic nitrogens is 3. The van der Waals surface area contributed by atoms with E-state index >= 15 is 0 Å². The van der Waals surface area contributed by atoms with Crippen LogP contribution in [-0.4, -0.2) is 52.1 Å². The number of pyridine rings is 1. The number of hydrogen-bond donors (Lipinski definition) is 2. The van der Waals surface area contributed by atoms with Crippen molar-refractivity contribution in [2.75, 3.05) is 25.5 Å². The van der Waals surface area contributed by atoms with Crippen molar-refractivity contribution in [3.05, 3.63) is 83.6 Å². The lowest BCUT2D eigenvalue weighted by Gasteiger charge is -2.17. The van der Waals surface area contributed by atoms with Gasteiger partial charge >= 0.3 is 0 Å². The third-order valence-electron chi connectivity index (χ3n) is 5.54. The van der Waals surface area contributed by atoms with Gasteiger partial charge in [-0.05, 0) is 43.2 Å². The molecule has 0 spiro atoms. The Hall–Kier alpha value is -4.07. The quantitative estimate of drug-likeness (QED) is 0.566. The van der Waals surface area contributed by atoms with E-state index in [0.29, 0.717) is 41.7 Å². The zero-order chi connectivity index (χ0) is 23.2. The second-order valence-electron chi connectivity index (χ2n) is 7.96. The maximum atomic E-state index is 12.9. The van der Waals surface area contributed by atoms with Crippen molar-refractivity contribution in [1.29, 1.82) is 0 Å². The number of aryl methyl sites for hydroxylation is 1. The number of allylic oxidation sites excluding steroid dienone is 1. The van der Waals surface area contributed by atoms with E-state index in [9.17, 15) is 4.79 Å². The number of nitrogens with zero attached hydrogens (tertiary/aromatic N) is 5. The summed E-state index contributed by atoms with van der Waals surface area (Å²) in [7, 11) is 1.67. The first-order chi connectivity index (χ1) is 16.1. The molecule has 1 saturated heterocycles. The van der Waals surface area contributed by atoms with Crippen LogP contribution in [0.4, 0.5) is 11.6 Å². The van der Waals surface area contributed by atoms with Gasteiger partial charge in [-0.1, -0.05) is 18.2 Å². The zero-order valence-corrected chi connectivity index (χ0v) is 18.8. The molecular weight excluding hydrogens is 414 g/mol. The normalized spacial score (nSPS) is 16.4. The first-order valence-electron chi connectivity index (χ1n) is 10.8. The van der Waals surface area contributed by atoms with Crippen LogP contribution in [0.5, 0.6) is 0 Å². The molecule has 0 bridgehead atoms. The lowest BCUT2D eigenvalue weighted by molar-refractivity contribution is 0.0790. The van der Waals surface area contributed by atoms with Crippen LogP contribution in [0, 0.1) is 6.92 Å². The first kappa shape index (κ1) is 22.1. The molecule has 33 heavy (non-hydrogen) atoms. The highest BCUT2D eigenvalue weighted by Crippen LogP contribution is 2.29. The van der Waals surface area contributed by atoms with E-state index in [1.54, 1.807) is 19.5 Å². The third kappa shape index (κ3) is 5.23. The van der Waals surface area contributed by atoms with E-state index < -0.39 is 0 Å². The summed E-state index contributed by atoms with van der Waals surface area (Å²) in [4.78, 5) is 32.6. The van der Waals surface area contributed by atoms with Crippen LogP contribution in [0.25, 0.3) is 5.57 Å². The molecule has 3 heterocycles. The first-order valence-corrected chi connectivity index (χ1v) is 10.8. The Morgan fingerprint density at radius 1 is 1.18 bits per heavy atom. The molecule has 0 radical (unpaired) electrons. The van der Waals surface area contributed by atoms with Gasteiger partial charge in [-0.2, -0.15) is 0 Å². The molecule has 8 heteroatoms. The maximum Gasteiger partial charge on any atom is 0.253 e. The molecule has 0 saturated carbocycles. The Morgan fingerprint density at radius 3 is 2.73 bits per heavy atom. The molecule has 168 valence electrons. The van der Waals surface area contributed by atoms with E-state index in [4.69, 9.17) is 10.7 Å². The second-order valence-corrected chi connectivity index (χ2v) is 7.96. The molecule has 2 aromatic heterocycles. The van der Waals surface area contributed by atoms with Gasteiger partial charge in [0.05, 0.1) is 11.3 Å². The predicted molar refractivity (Wildman–Crippen MR) is 131 cm³/mol. The second kappa shape index (κ2) is 10.0. The van der Waals surface area contributed by atoms with Gasteiger partial charge in [0.15, 0.2) is 5.82 Å². The van der Waals surface area contributed by atoms with Crippen molar-refractivity contribution < 1.29 is 4.79 Å². The molecule has 3 N–H and O–H groups in total. The summed E-state index contributed by atoms with van der Waals surface area (Å²) in [6.45, 7) is 3.28. The fraction of sp³-hybridized carbons (Fsp3) is 0.240. The summed E-state index contributed by atoms with van der Waals surface area (Å²) in [5.41, 5.74) is 9.08. The fourth-order valence-electron chi connectivity index (χ4n) is 3.87. The van der Waals surface area contributed by atoms with Crippen LogP contribution in [0.2, 0.25) is 0 Å². The number of amides is 1. The lowest BCUT2D eigenvalue weighted by atomic mass is 10.0. The summed E-state index contributed by atoms with van der Waals surface area (Å²) >= 11 is 0. The molecule has 1 aliphatic rings. The number of aliphatic imine (C=N–C) groups is 1. The number of nitrogens with two attached hydrogens (primary N) is 1. The van der Waals surface area contributed by atoms with E-state index in [-0.39, 0.29) is 11.8 Å². The number of hydrogen-bond acceptors (Lipinski definition) is 7. The van der Waals surface area contributed by atoms with Crippen LogP contribution in [0.1, 0.15) is 39.8 Å². The van der Waals surface area contributed by atoms with Gasteiger partial charge in [-0.25, -0.2) is 15.0 Å². The Bertz CT molecular complexity index is 1190. The van der Waals surface area contributed by atoms with Gasteiger partial charge in [0, 0.05) is 56.3 Å². The highest BCUT2D eigenvalue weighted by molar-refractivity contribution is 6.08. The SMILES string of the molecule is CN=CC(=CN)c1nc(Nc2cc(C)ccn2)cc(C2CCN(C(=O)c3ccccc3)C2)n1. The summed E-state index contributed by atoms with van der Waals surface area (Å²) in [5.74, 6) is 1.91. The van der Waals surface area contributed by atoms with Crippen molar-refractivity contribution in [2.45, 2.75) is 19.3 Å². The minimum atomic E-state index is 0.0374. The molecule has 8 nitrogen and oxygen atoms in total. The Kier molecular flexibility index (Phi) is 6.73.